The van der Waals surface area contributed by atoms with E-state index < -0.39 is 17.7 Å². The van der Waals surface area contributed by atoms with Crippen molar-refractivity contribution in [2.24, 2.45) is 0 Å². The molecular weight excluding hydrogens is 247 g/mol. The number of nitrogens with one attached hydrogen (secondary N) is 1. The first-order valence-corrected chi connectivity index (χ1v) is 5.75. The Hall–Kier alpha value is -1.04. The predicted octanol–water partition coefficient (Wildman–Crippen LogP) is 3.45. The number of hydrogen-bond acceptors (Lipinski definition) is 3. The van der Waals surface area contributed by atoms with Crippen molar-refractivity contribution >= 4 is 5.90 Å². The molecule has 1 heterocycles. The summed E-state index contributed by atoms with van der Waals surface area (Å²) in [6, 6.07) is 0. The Kier molecular flexibility index (Phi) is 4.42. The van der Waals surface area contributed by atoms with Crippen molar-refractivity contribution in [3.63, 3.8) is 0 Å². The van der Waals surface area contributed by atoms with E-state index in [9.17, 15) is 13.2 Å². The normalized spacial score (nSPS) is 26.7. The van der Waals surface area contributed by atoms with Gasteiger partial charge in [0.2, 0.25) is 0 Å². The topological polar surface area (TPSA) is 45.6 Å². The van der Waals surface area contributed by atoms with Crippen molar-refractivity contribution in [2.75, 3.05) is 6.61 Å². The molecule has 0 aromatic heterocycles. The maximum atomic E-state index is 12.0. The van der Waals surface area contributed by atoms with Crippen LogP contribution < -0.4 is 0 Å². The van der Waals surface area contributed by atoms with Crippen LogP contribution in [0.25, 0.3) is 0 Å². The zero-order chi connectivity index (χ0) is 14.0. The summed E-state index contributed by atoms with van der Waals surface area (Å²) in [5.41, 5.74) is 0.781. The number of rotatable bonds is 5. The molecule has 18 heavy (non-hydrogen) atoms. The first kappa shape index (κ1) is 15.0. The van der Waals surface area contributed by atoms with Crippen molar-refractivity contribution in [1.82, 2.24) is 0 Å². The Bertz CT molecular complexity index is 348. The molecule has 1 aliphatic heterocycles. The van der Waals surface area contributed by atoms with E-state index in [1.54, 1.807) is 0 Å². The maximum Gasteiger partial charge on any atom is 0.467 e. The minimum Gasteiger partial charge on any atom is -0.472 e. The molecule has 0 unspecified atom stereocenters. The smallest absolute Gasteiger partial charge is 0.467 e. The summed E-state index contributed by atoms with van der Waals surface area (Å²) in [6.45, 7) is 5.60. The summed E-state index contributed by atoms with van der Waals surface area (Å²) in [7, 11) is 0. The Morgan fingerprint density at radius 1 is 1.44 bits per heavy atom. The van der Waals surface area contributed by atoms with Crippen LogP contribution >= 0.6 is 0 Å². The third-order valence-corrected chi connectivity index (χ3v) is 2.87. The lowest BCUT2D eigenvalue weighted by atomic mass is 10.0. The largest absolute Gasteiger partial charge is 0.472 e. The average molecular weight is 265 g/mol. The van der Waals surface area contributed by atoms with Crippen LogP contribution in [0.15, 0.2) is 11.6 Å². The van der Waals surface area contributed by atoms with E-state index in [2.05, 4.69) is 10.8 Å². The van der Waals surface area contributed by atoms with Crippen LogP contribution in [0.4, 0.5) is 13.2 Å². The lowest BCUT2D eigenvalue weighted by Crippen LogP contribution is -2.27. The van der Waals surface area contributed by atoms with E-state index in [1.807, 2.05) is 20.8 Å². The van der Waals surface area contributed by atoms with Crippen LogP contribution in [0.5, 0.6) is 0 Å². The first-order valence-electron chi connectivity index (χ1n) is 5.75. The molecule has 3 nitrogen and oxygen atoms in total. The lowest BCUT2D eigenvalue weighted by Gasteiger charge is -2.09. The summed E-state index contributed by atoms with van der Waals surface area (Å²) in [4.78, 5) is 0. The van der Waals surface area contributed by atoms with E-state index >= 15 is 0 Å². The van der Waals surface area contributed by atoms with Gasteiger partial charge in [-0.3, -0.25) is 5.41 Å². The molecule has 0 saturated carbocycles. The minimum atomic E-state index is -4.71. The quantitative estimate of drug-likeness (QED) is 0.358. The van der Waals surface area contributed by atoms with Crippen LogP contribution in [0, 0.1) is 5.41 Å². The van der Waals surface area contributed by atoms with Gasteiger partial charge in [0, 0.05) is 0 Å². The number of epoxide rings is 1. The van der Waals surface area contributed by atoms with Gasteiger partial charge >= 0.3 is 6.18 Å². The van der Waals surface area contributed by atoms with Gasteiger partial charge in [-0.2, -0.15) is 13.2 Å². The second kappa shape index (κ2) is 5.30. The molecule has 0 bridgehead atoms. The fourth-order valence-corrected chi connectivity index (χ4v) is 1.61. The zero-order valence-electron chi connectivity index (χ0n) is 10.7. The highest BCUT2D eigenvalue weighted by Gasteiger charge is 2.52. The van der Waals surface area contributed by atoms with E-state index in [0.717, 1.165) is 12.8 Å². The van der Waals surface area contributed by atoms with Gasteiger partial charge < -0.3 is 9.47 Å². The van der Waals surface area contributed by atoms with Crippen LogP contribution in [0.1, 0.15) is 33.6 Å². The Morgan fingerprint density at radius 3 is 2.56 bits per heavy atom. The second-order valence-corrected chi connectivity index (χ2v) is 4.88. The molecule has 0 spiro atoms. The van der Waals surface area contributed by atoms with E-state index in [-0.39, 0.29) is 12.7 Å². The highest BCUT2D eigenvalue weighted by Crippen LogP contribution is 2.40. The fraction of sp³-hybridized carbons (Fsp3) is 0.750. The van der Waals surface area contributed by atoms with Crippen LogP contribution in [0.2, 0.25) is 0 Å². The number of alkyl halides is 3. The summed E-state index contributed by atoms with van der Waals surface area (Å²) >= 11 is 0. The molecule has 2 atom stereocenters. The van der Waals surface area contributed by atoms with Crippen molar-refractivity contribution in [3.8, 4) is 0 Å². The van der Waals surface area contributed by atoms with E-state index in [1.165, 1.54) is 5.57 Å². The number of allylic oxidation sites excluding steroid dienone is 2. The standard InChI is InChI=1S/C12H18F3NO2/c1-8(2)5-4-6-11(3)9(18-11)7-17-10(16)12(13,14)15/h5,9,16H,4,6-7H2,1-3H3/t9-,11-/m0/s1. The number of ether oxygens (including phenoxy) is 2. The summed E-state index contributed by atoms with van der Waals surface area (Å²) < 4.78 is 45.7. The molecular formula is C12H18F3NO2. The third-order valence-electron chi connectivity index (χ3n) is 2.87. The SMILES string of the molecule is CC(C)=CCC[C@]1(C)O[C@H]1COC(=N)C(F)(F)F. The number of hydrogen-bond donors (Lipinski definition) is 1. The molecule has 0 amide bonds. The molecule has 6 heteroatoms. The van der Waals surface area contributed by atoms with Crippen molar-refractivity contribution < 1.29 is 22.6 Å². The number of halogens is 3. The van der Waals surface area contributed by atoms with Gasteiger partial charge in [0.05, 0.1) is 5.60 Å². The molecule has 1 rings (SSSR count). The molecule has 0 radical (unpaired) electrons. The van der Waals surface area contributed by atoms with Gasteiger partial charge in [-0.15, -0.1) is 0 Å². The molecule has 0 aliphatic carbocycles. The molecule has 0 aromatic rings. The summed E-state index contributed by atoms with van der Waals surface area (Å²) in [5, 5.41) is 6.67. The average Bonchev–Trinajstić information content (AvgIpc) is 2.84. The van der Waals surface area contributed by atoms with Crippen LogP contribution in [-0.2, 0) is 9.47 Å². The van der Waals surface area contributed by atoms with Gasteiger partial charge in [-0.1, -0.05) is 11.6 Å². The monoisotopic (exact) mass is 265 g/mol. The highest BCUT2D eigenvalue weighted by molar-refractivity contribution is 5.78. The summed E-state index contributed by atoms with van der Waals surface area (Å²) in [6.07, 6.45) is -1.45. The van der Waals surface area contributed by atoms with Gasteiger partial charge in [-0.05, 0) is 33.6 Å². The van der Waals surface area contributed by atoms with Crippen LogP contribution in [0.3, 0.4) is 0 Å². The Morgan fingerprint density at radius 2 is 2.06 bits per heavy atom. The van der Waals surface area contributed by atoms with Gasteiger partial charge in [0.15, 0.2) is 0 Å². The predicted molar refractivity (Wildman–Crippen MR) is 61.7 cm³/mol. The van der Waals surface area contributed by atoms with Gasteiger partial charge in [0.1, 0.15) is 12.7 Å². The van der Waals surface area contributed by atoms with Crippen molar-refractivity contribution in [2.45, 2.75) is 51.5 Å². The Balaban J connectivity index is 2.28. The van der Waals surface area contributed by atoms with Crippen LogP contribution in [-0.4, -0.2) is 30.4 Å². The molecule has 1 aliphatic rings. The minimum absolute atomic E-state index is 0.219. The maximum absolute atomic E-state index is 12.0. The summed E-state index contributed by atoms with van der Waals surface area (Å²) in [5.74, 6) is -1.66. The van der Waals surface area contributed by atoms with Gasteiger partial charge in [-0.25, -0.2) is 0 Å². The molecule has 1 saturated heterocycles. The van der Waals surface area contributed by atoms with E-state index in [4.69, 9.17) is 10.1 Å². The highest BCUT2D eigenvalue weighted by atomic mass is 19.4. The zero-order valence-corrected chi connectivity index (χ0v) is 10.7. The second-order valence-electron chi connectivity index (χ2n) is 4.88. The van der Waals surface area contributed by atoms with Gasteiger partial charge in [0.25, 0.3) is 5.90 Å². The van der Waals surface area contributed by atoms with Crippen molar-refractivity contribution in [3.05, 3.63) is 11.6 Å². The third kappa shape index (κ3) is 4.33. The fourth-order valence-electron chi connectivity index (χ4n) is 1.61. The molecule has 0 aromatic carbocycles. The first-order chi connectivity index (χ1) is 8.15. The van der Waals surface area contributed by atoms with Crippen molar-refractivity contribution in [1.29, 1.82) is 5.41 Å². The molecule has 104 valence electrons. The lowest BCUT2D eigenvalue weighted by molar-refractivity contribution is -0.0798. The molecule has 1 fully saturated rings. The van der Waals surface area contributed by atoms with E-state index in [0.29, 0.717) is 0 Å². The Labute approximate surface area is 104 Å². The molecule has 1 N–H and O–H groups in total.